The molecule has 15 heavy (non-hydrogen) atoms. The van der Waals surface area contributed by atoms with Gasteiger partial charge in [-0.1, -0.05) is 0 Å². The lowest BCUT2D eigenvalue weighted by Crippen LogP contribution is -2.30. The summed E-state index contributed by atoms with van der Waals surface area (Å²) in [6.07, 6.45) is 7.21. The maximum atomic E-state index is 4.29. The third-order valence-electron chi connectivity index (χ3n) is 3.46. The zero-order valence-corrected chi connectivity index (χ0v) is 9.02. The van der Waals surface area contributed by atoms with E-state index in [4.69, 9.17) is 0 Å². The van der Waals surface area contributed by atoms with Crippen LogP contribution in [0.4, 0.5) is 0 Å². The average Bonchev–Trinajstić information content (AvgIpc) is 2.96. The number of rotatable bonds is 3. The predicted octanol–water partition coefficient (Wildman–Crippen LogP) is 1.16. The molecule has 1 saturated carbocycles. The highest BCUT2D eigenvalue weighted by molar-refractivity contribution is 5.00. The molecule has 1 N–H and O–H groups in total. The summed E-state index contributed by atoms with van der Waals surface area (Å²) in [4.78, 5) is 0. The van der Waals surface area contributed by atoms with Crippen LogP contribution >= 0.6 is 0 Å². The van der Waals surface area contributed by atoms with Crippen molar-refractivity contribution in [1.82, 2.24) is 20.1 Å². The van der Waals surface area contributed by atoms with Crippen LogP contribution in [0, 0.1) is 5.92 Å². The quantitative estimate of drug-likeness (QED) is 0.807. The second-order valence-corrected chi connectivity index (χ2v) is 4.83. The Morgan fingerprint density at radius 2 is 2.33 bits per heavy atom. The third-order valence-corrected chi connectivity index (χ3v) is 3.46. The number of nitrogens with one attached hydrogen (secondary N) is 1. The van der Waals surface area contributed by atoms with Gasteiger partial charge in [-0.2, -0.15) is 0 Å². The number of aromatic nitrogens is 3. The molecular weight excluding hydrogens is 188 g/mol. The summed E-state index contributed by atoms with van der Waals surface area (Å²) in [5.41, 5.74) is 0. The summed E-state index contributed by atoms with van der Waals surface area (Å²) in [5.74, 6) is 2.69. The first-order valence-electron chi connectivity index (χ1n) is 6.02. The van der Waals surface area contributed by atoms with Crippen LogP contribution in [0.1, 0.15) is 37.4 Å². The van der Waals surface area contributed by atoms with Crippen LogP contribution in [0.25, 0.3) is 0 Å². The Balaban J connectivity index is 1.73. The molecule has 3 rings (SSSR count). The number of piperidine rings is 1. The van der Waals surface area contributed by atoms with Gasteiger partial charge in [0.25, 0.3) is 0 Å². The van der Waals surface area contributed by atoms with Gasteiger partial charge in [0.15, 0.2) is 0 Å². The lowest BCUT2D eigenvalue weighted by atomic mass is 9.99. The zero-order chi connectivity index (χ0) is 10.1. The summed E-state index contributed by atoms with van der Waals surface area (Å²) in [7, 11) is 0. The van der Waals surface area contributed by atoms with Gasteiger partial charge in [0.1, 0.15) is 12.2 Å². The van der Waals surface area contributed by atoms with Gasteiger partial charge in [-0.15, -0.1) is 10.2 Å². The van der Waals surface area contributed by atoms with Crippen molar-refractivity contribution in [2.24, 2.45) is 5.92 Å². The molecule has 4 nitrogen and oxygen atoms in total. The number of hydrogen-bond donors (Lipinski definition) is 1. The molecule has 1 aliphatic carbocycles. The average molecular weight is 206 g/mol. The molecule has 1 aromatic heterocycles. The van der Waals surface area contributed by atoms with Crippen LogP contribution in [-0.2, 0) is 6.54 Å². The van der Waals surface area contributed by atoms with Gasteiger partial charge in [-0.3, -0.25) is 0 Å². The Morgan fingerprint density at radius 1 is 1.40 bits per heavy atom. The normalized spacial score (nSPS) is 26.8. The highest BCUT2D eigenvalue weighted by Gasteiger charge is 2.25. The molecule has 1 aromatic rings. The minimum atomic E-state index is 0.583. The molecule has 1 saturated heterocycles. The maximum Gasteiger partial charge on any atom is 0.137 e. The van der Waals surface area contributed by atoms with E-state index in [0.717, 1.165) is 25.6 Å². The summed E-state index contributed by atoms with van der Waals surface area (Å²) >= 11 is 0. The Hall–Kier alpha value is -0.900. The Morgan fingerprint density at radius 3 is 3.07 bits per heavy atom. The first-order chi connectivity index (χ1) is 7.43. The maximum absolute atomic E-state index is 4.29. The van der Waals surface area contributed by atoms with E-state index in [9.17, 15) is 0 Å². The predicted molar refractivity (Wildman–Crippen MR) is 57.6 cm³/mol. The van der Waals surface area contributed by atoms with E-state index in [1.165, 1.54) is 31.5 Å². The molecule has 0 radical (unpaired) electrons. The van der Waals surface area contributed by atoms with Crippen LogP contribution in [-0.4, -0.2) is 27.9 Å². The van der Waals surface area contributed by atoms with Gasteiger partial charge in [0, 0.05) is 19.0 Å². The molecule has 0 unspecified atom stereocenters. The van der Waals surface area contributed by atoms with Gasteiger partial charge in [-0.05, 0) is 38.1 Å². The van der Waals surface area contributed by atoms with E-state index in [-0.39, 0.29) is 0 Å². The van der Waals surface area contributed by atoms with Crippen LogP contribution in [0.2, 0.25) is 0 Å². The van der Waals surface area contributed by atoms with Crippen LogP contribution < -0.4 is 5.32 Å². The van der Waals surface area contributed by atoms with Crippen molar-refractivity contribution in [2.75, 3.05) is 13.1 Å². The van der Waals surface area contributed by atoms with Crippen LogP contribution in [0.3, 0.4) is 0 Å². The zero-order valence-electron chi connectivity index (χ0n) is 9.02. The van der Waals surface area contributed by atoms with Crippen molar-refractivity contribution in [3.05, 3.63) is 12.2 Å². The smallest absolute Gasteiger partial charge is 0.137 e. The molecule has 4 heteroatoms. The van der Waals surface area contributed by atoms with Gasteiger partial charge in [0.2, 0.25) is 0 Å². The highest BCUT2D eigenvalue weighted by atomic mass is 15.3. The molecule has 82 valence electrons. The lowest BCUT2D eigenvalue weighted by molar-refractivity contribution is 0.427. The van der Waals surface area contributed by atoms with Crippen molar-refractivity contribution in [3.63, 3.8) is 0 Å². The fourth-order valence-corrected chi connectivity index (χ4v) is 2.37. The standard InChI is InChI=1S/C11H18N4/c1-2-10(6-12-5-1)11-14-13-8-15(11)7-9-3-4-9/h8-10,12H,1-7H2/t10-/m1/s1. The van der Waals surface area contributed by atoms with Crippen LogP contribution in [0.15, 0.2) is 6.33 Å². The summed E-state index contributed by atoms with van der Waals surface area (Å²) in [6.45, 7) is 3.37. The van der Waals surface area contributed by atoms with Crippen molar-refractivity contribution < 1.29 is 0 Å². The molecule has 0 amide bonds. The van der Waals surface area contributed by atoms with Gasteiger partial charge < -0.3 is 9.88 Å². The van der Waals surface area contributed by atoms with Crippen molar-refractivity contribution >= 4 is 0 Å². The van der Waals surface area contributed by atoms with E-state index >= 15 is 0 Å². The summed E-state index contributed by atoms with van der Waals surface area (Å²) in [6, 6.07) is 0. The van der Waals surface area contributed by atoms with Crippen molar-refractivity contribution in [3.8, 4) is 0 Å². The lowest BCUT2D eigenvalue weighted by Gasteiger charge is -2.22. The molecule has 0 spiro atoms. The number of hydrogen-bond acceptors (Lipinski definition) is 3. The van der Waals surface area contributed by atoms with E-state index < -0.39 is 0 Å². The molecule has 2 fully saturated rings. The number of nitrogens with zero attached hydrogens (tertiary/aromatic N) is 3. The molecular formula is C11H18N4. The topological polar surface area (TPSA) is 42.7 Å². The van der Waals surface area contributed by atoms with E-state index in [1.807, 2.05) is 6.33 Å². The Bertz CT molecular complexity index is 323. The molecule has 0 bridgehead atoms. The summed E-state index contributed by atoms with van der Waals surface area (Å²) < 4.78 is 2.27. The second-order valence-electron chi connectivity index (χ2n) is 4.83. The van der Waals surface area contributed by atoms with Crippen molar-refractivity contribution in [2.45, 2.75) is 38.1 Å². The van der Waals surface area contributed by atoms with E-state index in [2.05, 4.69) is 20.1 Å². The van der Waals surface area contributed by atoms with Gasteiger partial charge >= 0.3 is 0 Å². The monoisotopic (exact) mass is 206 g/mol. The molecule has 1 atom stereocenters. The van der Waals surface area contributed by atoms with Gasteiger partial charge in [0.05, 0.1) is 0 Å². The fourth-order valence-electron chi connectivity index (χ4n) is 2.37. The molecule has 0 aromatic carbocycles. The Labute approximate surface area is 90.1 Å². The van der Waals surface area contributed by atoms with Crippen molar-refractivity contribution in [1.29, 1.82) is 0 Å². The first-order valence-corrected chi connectivity index (χ1v) is 6.02. The minimum Gasteiger partial charge on any atom is -0.317 e. The largest absolute Gasteiger partial charge is 0.317 e. The van der Waals surface area contributed by atoms with Gasteiger partial charge in [-0.25, -0.2) is 0 Å². The molecule has 2 aliphatic rings. The Kier molecular flexibility index (Phi) is 2.44. The SMILES string of the molecule is c1nnc([C@@H]2CCCNC2)n1CC1CC1. The van der Waals surface area contributed by atoms with Crippen LogP contribution in [0.5, 0.6) is 0 Å². The highest BCUT2D eigenvalue weighted by Crippen LogP contribution is 2.32. The minimum absolute atomic E-state index is 0.583. The first kappa shape index (κ1) is 9.33. The van der Waals surface area contributed by atoms with E-state index in [1.54, 1.807) is 0 Å². The molecule has 1 aliphatic heterocycles. The summed E-state index contributed by atoms with van der Waals surface area (Å²) in [5, 5.41) is 11.8. The van der Waals surface area contributed by atoms with E-state index in [0.29, 0.717) is 5.92 Å². The fraction of sp³-hybridized carbons (Fsp3) is 0.818. The second kappa shape index (κ2) is 3.93. The third kappa shape index (κ3) is 2.04. The molecule has 2 heterocycles.